The molecule has 1 heterocycles. The Kier molecular flexibility index (Phi) is 6.16. The fourth-order valence-electron chi connectivity index (χ4n) is 2.41. The summed E-state index contributed by atoms with van der Waals surface area (Å²) in [5.74, 6) is 0.940. The van der Waals surface area contributed by atoms with Crippen molar-refractivity contribution in [3.8, 4) is 11.5 Å². The van der Waals surface area contributed by atoms with Crippen LogP contribution in [0.4, 0.5) is 0 Å². The maximum absolute atomic E-state index is 12.1. The second-order valence-electron chi connectivity index (χ2n) is 5.36. The molecular formula is C19H18O5S2. The Balaban J connectivity index is 1.91. The van der Waals surface area contributed by atoms with Crippen LogP contribution in [-0.4, -0.2) is 19.7 Å². The molecule has 0 N–H and O–H groups in total. The molecule has 0 spiro atoms. The number of aryl methyl sites for hydroxylation is 1. The lowest BCUT2D eigenvalue weighted by molar-refractivity contribution is -0.160. The summed E-state index contributed by atoms with van der Waals surface area (Å²) in [6.07, 6.45) is 0. The van der Waals surface area contributed by atoms with Crippen molar-refractivity contribution in [1.82, 2.24) is 0 Å². The topological polar surface area (TPSA) is 54.0 Å². The van der Waals surface area contributed by atoms with Crippen molar-refractivity contribution in [3.05, 3.63) is 52.9 Å². The lowest BCUT2D eigenvalue weighted by atomic mass is 10.1. The van der Waals surface area contributed by atoms with Crippen molar-refractivity contribution >= 4 is 39.4 Å². The molecule has 0 radical (unpaired) electrons. The minimum absolute atomic E-state index is 0.333. The molecule has 1 aromatic heterocycles. The monoisotopic (exact) mass is 390 g/mol. The smallest absolute Gasteiger partial charge is 0.338 e. The fraction of sp³-hybridized carbons (Fsp3) is 0.211. The molecule has 3 rings (SSSR count). The van der Waals surface area contributed by atoms with Gasteiger partial charge in [0.05, 0.1) is 31.3 Å². The lowest BCUT2D eigenvalue weighted by Gasteiger charge is -2.10. The van der Waals surface area contributed by atoms with Gasteiger partial charge in [-0.3, -0.25) is 0 Å². The first kappa shape index (κ1) is 18.7. The number of hydrogen-bond donors (Lipinski definition) is 0. The highest BCUT2D eigenvalue weighted by Crippen LogP contribution is 2.37. The number of esters is 1. The highest BCUT2D eigenvalue weighted by molar-refractivity contribution is 7.94. The predicted molar refractivity (Wildman–Crippen MR) is 103 cm³/mol. The van der Waals surface area contributed by atoms with Gasteiger partial charge in [0, 0.05) is 19.9 Å². The van der Waals surface area contributed by atoms with Crippen LogP contribution in [0.3, 0.4) is 0 Å². The Morgan fingerprint density at radius 3 is 2.62 bits per heavy atom. The fourth-order valence-corrected chi connectivity index (χ4v) is 3.79. The summed E-state index contributed by atoms with van der Waals surface area (Å²) in [5.41, 5.74) is 0.483. The first-order valence-electron chi connectivity index (χ1n) is 7.97. The van der Waals surface area contributed by atoms with E-state index in [2.05, 4.69) is 11.0 Å². The number of thiophene rings is 1. The summed E-state index contributed by atoms with van der Waals surface area (Å²) >= 11 is 2.73. The van der Waals surface area contributed by atoms with Crippen LogP contribution in [0.2, 0.25) is 0 Å². The van der Waals surface area contributed by atoms with Crippen molar-refractivity contribution in [3.63, 3.8) is 0 Å². The highest BCUT2D eigenvalue weighted by Gasteiger charge is 2.14. The van der Waals surface area contributed by atoms with Crippen molar-refractivity contribution in [2.24, 2.45) is 0 Å². The Bertz CT molecular complexity index is 902. The van der Waals surface area contributed by atoms with Gasteiger partial charge >= 0.3 is 5.97 Å². The van der Waals surface area contributed by atoms with Gasteiger partial charge < -0.3 is 9.47 Å². The SMILES string of the molecule is CCOC(=O)c1cc(Oc2ccc(SOOC)cc2)c2cc(C)sc2c1. The molecule has 0 saturated heterocycles. The molecule has 0 aliphatic heterocycles. The molecule has 136 valence electrons. The van der Waals surface area contributed by atoms with Gasteiger partial charge in [-0.2, -0.15) is 4.33 Å². The van der Waals surface area contributed by atoms with E-state index in [1.54, 1.807) is 24.3 Å². The average Bonchev–Trinajstić information content (AvgIpc) is 3.02. The summed E-state index contributed by atoms with van der Waals surface area (Å²) in [6.45, 7) is 4.15. The number of fused-ring (bicyclic) bond motifs is 1. The summed E-state index contributed by atoms with van der Waals surface area (Å²) in [7, 11) is 1.45. The molecule has 0 unspecified atom stereocenters. The molecule has 0 fully saturated rings. The Labute approximate surface area is 160 Å². The predicted octanol–water partition coefficient (Wildman–Crippen LogP) is 5.76. The van der Waals surface area contributed by atoms with Crippen LogP contribution in [0.5, 0.6) is 11.5 Å². The first-order chi connectivity index (χ1) is 12.6. The standard InChI is InChI=1S/C19H18O5S2/c1-4-22-19(20)13-10-17(16-9-12(2)25-18(16)11-13)23-14-5-7-15(8-6-14)26-24-21-3/h5-11H,4H2,1-3H3. The number of carbonyl (C=O) groups is 1. The van der Waals surface area contributed by atoms with Crippen LogP contribution < -0.4 is 4.74 Å². The summed E-state index contributed by atoms with van der Waals surface area (Å²) < 4.78 is 17.0. The quantitative estimate of drug-likeness (QED) is 0.221. The van der Waals surface area contributed by atoms with E-state index >= 15 is 0 Å². The van der Waals surface area contributed by atoms with Gasteiger partial charge in [-0.05, 0) is 56.3 Å². The molecule has 0 aliphatic carbocycles. The van der Waals surface area contributed by atoms with Crippen molar-refractivity contribution in [2.75, 3.05) is 13.7 Å². The van der Waals surface area contributed by atoms with Crippen LogP contribution in [-0.2, 0) is 14.0 Å². The first-order valence-corrected chi connectivity index (χ1v) is 9.53. The van der Waals surface area contributed by atoms with E-state index in [-0.39, 0.29) is 5.97 Å². The molecule has 2 aromatic carbocycles. The van der Waals surface area contributed by atoms with E-state index in [0.29, 0.717) is 23.7 Å². The molecule has 26 heavy (non-hydrogen) atoms. The van der Waals surface area contributed by atoms with Gasteiger partial charge in [0.1, 0.15) is 11.5 Å². The molecule has 0 saturated carbocycles. The van der Waals surface area contributed by atoms with E-state index in [0.717, 1.165) is 31.9 Å². The summed E-state index contributed by atoms with van der Waals surface area (Å²) in [5, 5.41) is 0.974. The largest absolute Gasteiger partial charge is 0.462 e. The Morgan fingerprint density at radius 1 is 1.15 bits per heavy atom. The zero-order chi connectivity index (χ0) is 18.5. The van der Waals surface area contributed by atoms with Crippen molar-refractivity contribution in [2.45, 2.75) is 18.7 Å². The van der Waals surface area contributed by atoms with Gasteiger partial charge in [-0.1, -0.05) is 0 Å². The molecule has 0 bridgehead atoms. The highest BCUT2D eigenvalue weighted by atomic mass is 32.2. The minimum atomic E-state index is -0.353. The van der Waals surface area contributed by atoms with Crippen molar-refractivity contribution < 1.29 is 23.5 Å². The van der Waals surface area contributed by atoms with Gasteiger partial charge in [0.15, 0.2) is 0 Å². The third kappa shape index (κ3) is 4.37. The molecule has 0 aliphatic rings. The van der Waals surface area contributed by atoms with Crippen molar-refractivity contribution in [1.29, 1.82) is 0 Å². The molecular weight excluding hydrogens is 372 g/mol. The maximum Gasteiger partial charge on any atom is 0.338 e. The molecule has 0 amide bonds. The van der Waals surface area contributed by atoms with Gasteiger partial charge in [-0.25, -0.2) is 9.68 Å². The van der Waals surface area contributed by atoms with Gasteiger partial charge in [-0.15, -0.1) is 11.3 Å². The second kappa shape index (κ2) is 8.55. The summed E-state index contributed by atoms with van der Waals surface area (Å²) in [6, 6.07) is 13.0. The van der Waals surface area contributed by atoms with E-state index in [1.807, 2.05) is 37.3 Å². The van der Waals surface area contributed by atoms with Crippen LogP contribution in [0.1, 0.15) is 22.2 Å². The van der Waals surface area contributed by atoms with Gasteiger partial charge in [0.25, 0.3) is 0 Å². The molecule has 3 aromatic rings. The normalized spacial score (nSPS) is 10.9. The number of rotatable bonds is 7. The third-order valence-corrected chi connectivity index (χ3v) is 5.15. The van der Waals surface area contributed by atoms with Crippen LogP contribution in [0.25, 0.3) is 10.1 Å². The number of benzene rings is 2. The third-order valence-electron chi connectivity index (χ3n) is 3.48. The van der Waals surface area contributed by atoms with E-state index in [9.17, 15) is 4.79 Å². The Morgan fingerprint density at radius 2 is 1.92 bits per heavy atom. The van der Waals surface area contributed by atoms with Crippen LogP contribution in [0.15, 0.2) is 47.4 Å². The molecule has 7 heteroatoms. The zero-order valence-electron chi connectivity index (χ0n) is 14.6. The van der Waals surface area contributed by atoms with Gasteiger partial charge in [0.2, 0.25) is 0 Å². The number of ether oxygens (including phenoxy) is 2. The number of hydrogen-bond acceptors (Lipinski definition) is 7. The van der Waals surface area contributed by atoms with Crippen LogP contribution >= 0.6 is 23.4 Å². The minimum Gasteiger partial charge on any atom is -0.462 e. The summed E-state index contributed by atoms with van der Waals surface area (Å²) in [4.78, 5) is 18.7. The molecule has 0 atom stereocenters. The molecule has 5 nitrogen and oxygen atoms in total. The number of carbonyl (C=O) groups excluding carboxylic acids is 1. The van der Waals surface area contributed by atoms with Crippen LogP contribution in [0, 0.1) is 6.92 Å². The van der Waals surface area contributed by atoms with E-state index in [1.165, 1.54) is 7.11 Å². The average molecular weight is 390 g/mol. The Hall–Kier alpha value is -2.06. The second-order valence-corrected chi connectivity index (χ2v) is 7.42. The lowest BCUT2D eigenvalue weighted by Crippen LogP contribution is -2.04. The van der Waals surface area contributed by atoms with E-state index in [4.69, 9.17) is 13.8 Å². The zero-order valence-corrected chi connectivity index (χ0v) is 16.2. The van der Waals surface area contributed by atoms with E-state index < -0.39 is 0 Å². The maximum atomic E-state index is 12.1.